The second-order valence-corrected chi connectivity index (χ2v) is 6.33. The summed E-state index contributed by atoms with van der Waals surface area (Å²) in [6.07, 6.45) is 0. The third-order valence-corrected chi connectivity index (χ3v) is 4.06. The van der Waals surface area contributed by atoms with E-state index in [1.165, 1.54) is 6.07 Å². The van der Waals surface area contributed by atoms with Crippen LogP contribution in [0.15, 0.2) is 42.5 Å². The van der Waals surface area contributed by atoms with Crippen LogP contribution in [-0.2, 0) is 4.79 Å². The number of halogens is 2. The smallest absolute Gasteiger partial charge is 0.276 e. The molecule has 0 saturated carbocycles. The standard InChI is InChI=1S/C16H14ClIN2O3/c1-10-2-5-12(6-3-10)23-9-15(21)19-20-16(22)13-8-11(17)4-7-14(13)18/h2-8H,9H2,1H3,(H,19,21)(H,20,22). The Labute approximate surface area is 152 Å². The summed E-state index contributed by atoms with van der Waals surface area (Å²) in [4.78, 5) is 23.7. The Bertz CT molecular complexity index is 720. The van der Waals surface area contributed by atoms with Crippen LogP contribution in [0.3, 0.4) is 0 Å². The lowest BCUT2D eigenvalue weighted by Crippen LogP contribution is -2.44. The summed E-state index contributed by atoms with van der Waals surface area (Å²) in [5.74, 6) is -0.321. The van der Waals surface area contributed by atoms with Gasteiger partial charge in [-0.05, 0) is 59.8 Å². The van der Waals surface area contributed by atoms with Crippen molar-refractivity contribution in [2.75, 3.05) is 6.61 Å². The molecule has 0 spiro atoms. The molecule has 2 aromatic carbocycles. The van der Waals surface area contributed by atoms with Gasteiger partial charge in [0.1, 0.15) is 5.75 Å². The number of carbonyl (C=O) groups is 2. The normalized spacial score (nSPS) is 10.0. The summed E-state index contributed by atoms with van der Waals surface area (Å²) < 4.78 is 6.05. The number of nitrogens with one attached hydrogen (secondary N) is 2. The molecule has 0 aromatic heterocycles. The largest absolute Gasteiger partial charge is 0.484 e. The number of hydrazine groups is 1. The topological polar surface area (TPSA) is 67.4 Å². The highest BCUT2D eigenvalue weighted by Crippen LogP contribution is 2.17. The number of amides is 2. The molecule has 2 amide bonds. The van der Waals surface area contributed by atoms with Crippen molar-refractivity contribution in [2.45, 2.75) is 6.92 Å². The van der Waals surface area contributed by atoms with Gasteiger partial charge in [-0.2, -0.15) is 0 Å². The molecule has 0 aliphatic carbocycles. The Morgan fingerprint density at radius 2 is 1.83 bits per heavy atom. The fraction of sp³-hybridized carbons (Fsp3) is 0.125. The average molecular weight is 445 g/mol. The van der Waals surface area contributed by atoms with Crippen LogP contribution < -0.4 is 15.6 Å². The summed E-state index contributed by atoms with van der Waals surface area (Å²) in [7, 11) is 0. The zero-order valence-corrected chi connectivity index (χ0v) is 15.1. The minimum atomic E-state index is -0.462. The van der Waals surface area contributed by atoms with E-state index in [1.807, 2.05) is 41.6 Å². The van der Waals surface area contributed by atoms with E-state index in [-0.39, 0.29) is 6.61 Å². The Morgan fingerprint density at radius 3 is 2.52 bits per heavy atom. The molecule has 2 rings (SSSR count). The highest BCUT2D eigenvalue weighted by molar-refractivity contribution is 14.1. The van der Waals surface area contributed by atoms with Crippen molar-refractivity contribution in [2.24, 2.45) is 0 Å². The molecule has 5 nitrogen and oxygen atoms in total. The van der Waals surface area contributed by atoms with Gasteiger partial charge in [0.25, 0.3) is 11.8 Å². The van der Waals surface area contributed by atoms with Gasteiger partial charge in [0.05, 0.1) is 5.56 Å². The van der Waals surface area contributed by atoms with Crippen molar-refractivity contribution in [1.82, 2.24) is 10.9 Å². The molecule has 0 aliphatic heterocycles. The van der Waals surface area contributed by atoms with Crippen LogP contribution in [-0.4, -0.2) is 18.4 Å². The Morgan fingerprint density at radius 1 is 1.13 bits per heavy atom. The lowest BCUT2D eigenvalue weighted by molar-refractivity contribution is -0.123. The first-order chi connectivity index (χ1) is 11.0. The van der Waals surface area contributed by atoms with Crippen molar-refractivity contribution >= 4 is 46.0 Å². The molecule has 0 saturated heterocycles. The minimum absolute atomic E-state index is 0.198. The van der Waals surface area contributed by atoms with E-state index in [9.17, 15) is 9.59 Å². The predicted octanol–water partition coefficient (Wildman–Crippen LogP) is 3.09. The second kappa shape index (κ2) is 8.16. The van der Waals surface area contributed by atoms with Crippen LogP contribution in [0.5, 0.6) is 5.75 Å². The van der Waals surface area contributed by atoms with Crippen LogP contribution in [0.4, 0.5) is 0 Å². The lowest BCUT2D eigenvalue weighted by atomic mass is 10.2. The van der Waals surface area contributed by atoms with Gasteiger partial charge < -0.3 is 4.74 Å². The van der Waals surface area contributed by atoms with E-state index in [1.54, 1.807) is 24.3 Å². The summed E-state index contributed by atoms with van der Waals surface area (Å²) in [5, 5.41) is 0.449. The molecule has 120 valence electrons. The molecule has 0 radical (unpaired) electrons. The van der Waals surface area contributed by atoms with Crippen LogP contribution in [0, 0.1) is 10.5 Å². The molecule has 7 heteroatoms. The third-order valence-electron chi connectivity index (χ3n) is 2.88. The SMILES string of the molecule is Cc1ccc(OCC(=O)NNC(=O)c2cc(Cl)ccc2I)cc1. The second-order valence-electron chi connectivity index (χ2n) is 4.73. The highest BCUT2D eigenvalue weighted by atomic mass is 127. The number of hydrogen-bond donors (Lipinski definition) is 2. The molecule has 2 N–H and O–H groups in total. The van der Waals surface area contributed by atoms with Crippen LogP contribution in [0.25, 0.3) is 0 Å². The minimum Gasteiger partial charge on any atom is -0.484 e. The number of benzene rings is 2. The van der Waals surface area contributed by atoms with Gasteiger partial charge in [0.2, 0.25) is 0 Å². The zero-order valence-electron chi connectivity index (χ0n) is 12.2. The molecule has 0 fully saturated rings. The average Bonchev–Trinajstić information content (AvgIpc) is 2.54. The predicted molar refractivity (Wildman–Crippen MR) is 96.5 cm³/mol. The van der Waals surface area contributed by atoms with E-state index in [0.717, 1.165) is 9.13 Å². The monoisotopic (exact) mass is 444 g/mol. The van der Waals surface area contributed by atoms with Crippen molar-refractivity contribution < 1.29 is 14.3 Å². The van der Waals surface area contributed by atoms with Crippen molar-refractivity contribution in [3.8, 4) is 5.75 Å². The van der Waals surface area contributed by atoms with Gasteiger partial charge in [-0.15, -0.1) is 0 Å². The molecule has 2 aromatic rings. The molecule has 0 unspecified atom stereocenters. The Kier molecular flexibility index (Phi) is 6.23. The lowest BCUT2D eigenvalue weighted by Gasteiger charge is -2.10. The fourth-order valence-corrected chi connectivity index (χ4v) is 2.44. The molecule has 0 atom stereocenters. The molecular weight excluding hydrogens is 431 g/mol. The maximum atomic E-state index is 12.0. The summed E-state index contributed by atoms with van der Waals surface area (Å²) >= 11 is 7.88. The van der Waals surface area contributed by atoms with Gasteiger partial charge in [0, 0.05) is 8.59 Å². The Balaban J connectivity index is 1.83. The summed E-state index contributed by atoms with van der Waals surface area (Å²) in [6.45, 7) is 1.76. The fourth-order valence-electron chi connectivity index (χ4n) is 1.68. The van der Waals surface area contributed by atoms with Crippen LogP contribution >= 0.6 is 34.2 Å². The van der Waals surface area contributed by atoms with E-state index in [0.29, 0.717) is 16.3 Å². The molecule has 0 aliphatic rings. The van der Waals surface area contributed by atoms with Gasteiger partial charge in [-0.25, -0.2) is 0 Å². The van der Waals surface area contributed by atoms with Crippen molar-refractivity contribution in [3.63, 3.8) is 0 Å². The molecule has 0 bridgehead atoms. The van der Waals surface area contributed by atoms with Gasteiger partial charge in [0.15, 0.2) is 6.61 Å². The third kappa shape index (κ3) is 5.40. The van der Waals surface area contributed by atoms with E-state index >= 15 is 0 Å². The van der Waals surface area contributed by atoms with E-state index in [4.69, 9.17) is 16.3 Å². The first-order valence-corrected chi connectivity index (χ1v) is 8.15. The van der Waals surface area contributed by atoms with Gasteiger partial charge >= 0.3 is 0 Å². The molecule has 23 heavy (non-hydrogen) atoms. The summed E-state index contributed by atoms with van der Waals surface area (Å²) in [5.41, 5.74) is 6.12. The highest BCUT2D eigenvalue weighted by Gasteiger charge is 2.11. The number of aryl methyl sites for hydroxylation is 1. The first-order valence-electron chi connectivity index (χ1n) is 6.69. The summed E-state index contributed by atoms with van der Waals surface area (Å²) in [6, 6.07) is 12.3. The van der Waals surface area contributed by atoms with Gasteiger partial charge in [-0.3, -0.25) is 20.4 Å². The number of rotatable bonds is 4. The van der Waals surface area contributed by atoms with Gasteiger partial charge in [-0.1, -0.05) is 29.3 Å². The quantitative estimate of drug-likeness (QED) is 0.563. The number of hydrogen-bond acceptors (Lipinski definition) is 3. The maximum Gasteiger partial charge on any atom is 0.276 e. The zero-order chi connectivity index (χ0) is 16.8. The van der Waals surface area contributed by atoms with E-state index < -0.39 is 11.8 Å². The number of carbonyl (C=O) groups excluding carboxylic acids is 2. The molecule has 0 heterocycles. The van der Waals surface area contributed by atoms with Crippen LogP contribution in [0.1, 0.15) is 15.9 Å². The van der Waals surface area contributed by atoms with Crippen molar-refractivity contribution in [1.29, 1.82) is 0 Å². The van der Waals surface area contributed by atoms with E-state index in [2.05, 4.69) is 10.9 Å². The first kappa shape index (κ1) is 17.6. The Hall–Kier alpha value is -1.80. The number of ether oxygens (including phenoxy) is 1. The van der Waals surface area contributed by atoms with Crippen LogP contribution in [0.2, 0.25) is 5.02 Å². The maximum absolute atomic E-state index is 12.0. The van der Waals surface area contributed by atoms with Crippen molar-refractivity contribution in [3.05, 3.63) is 62.2 Å². The molecular formula is C16H14ClIN2O3.